The van der Waals surface area contributed by atoms with E-state index in [1.807, 2.05) is 55.1 Å². The molecule has 3 aromatic rings. The quantitative estimate of drug-likeness (QED) is 0.0867. The highest BCUT2D eigenvalue weighted by molar-refractivity contribution is 6.03. The number of carbonyl (C=O) groups is 4. The van der Waals surface area contributed by atoms with Crippen LogP contribution in [0.1, 0.15) is 103 Å². The lowest BCUT2D eigenvalue weighted by Gasteiger charge is -2.38. The molecular weight excluding hydrogens is 693 g/mol. The topological polar surface area (TPSA) is 153 Å². The van der Waals surface area contributed by atoms with E-state index in [-0.39, 0.29) is 42.6 Å². The number of anilines is 2. The summed E-state index contributed by atoms with van der Waals surface area (Å²) < 4.78 is 0. The van der Waals surface area contributed by atoms with Crippen LogP contribution in [0.15, 0.2) is 83.0 Å². The molecule has 0 saturated carbocycles. The van der Waals surface area contributed by atoms with Gasteiger partial charge in [0.2, 0.25) is 23.6 Å². The first-order chi connectivity index (χ1) is 26.2. The summed E-state index contributed by atoms with van der Waals surface area (Å²) in [6.45, 7) is 14.5. The number of fused-ring (bicyclic) bond motifs is 2. The monoisotopic (exact) mass is 750 g/mol. The maximum absolute atomic E-state index is 14.1. The molecule has 294 valence electrons. The van der Waals surface area contributed by atoms with Gasteiger partial charge in [0.25, 0.3) is 0 Å². The molecule has 0 spiro atoms. The van der Waals surface area contributed by atoms with Crippen LogP contribution in [-0.4, -0.2) is 47.9 Å². The fourth-order valence-corrected chi connectivity index (χ4v) is 6.95. The van der Waals surface area contributed by atoms with Crippen LogP contribution in [-0.2, 0) is 32.3 Å². The fourth-order valence-electron chi connectivity index (χ4n) is 6.95. The van der Waals surface area contributed by atoms with E-state index >= 15 is 0 Å². The third-order valence-corrected chi connectivity index (χ3v) is 10.8. The van der Waals surface area contributed by atoms with E-state index in [0.29, 0.717) is 36.6 Å². The number of benzene rings is 3. The lowest BCUT2D eigenvalue weighted by atomic mass is 9.68. The summed E-state index contributed by atoms with van der Waals surface area (Å²) in [6.07, 6.45) is 2.29. The number of unbranched alkanes of at least 4 members (excludes halogenated alkanes) is 1. The van der Waals surface area contributed by atoms with Gasteiger partial charge < -0.3 is 26.0 Å². The van der Waals surface area contributed by atoms with Crippen molar-refractivity contribution < 1.29 is 24.3 Å². The number of azo groups is 1. The van der Waals surface area contributed by atoms with Crippen molar-refractivity contribution in [2.24, 2.45) is 27.5 Å². The van der Waals surface area contributed by atoms with Crippen LogP contribution >= 0.6 is 0 Å². The number of amides is 4. The summed E-state index contributed by atoms with van der Waals surface area (Å²) in [5.74, 6) is -1.11. The molecule has 1 aliphatic heterocycles. The molecule has 4 rings (SSSR count). The lowest BCUT2D eigenvalue weighted by Crippen LogP contribution is -2.53. The van der Waals surface area contributed by atoms with Crippen molar-refractivity contribution >= 4 is 46.3 Å². The van der Waals surface area contributed by atoms with Crippen LogP contribution < -0.4 is 20.9 Å². The second-order valence-corrected chi connectivity index (χ2v) is 15.3. The average Bonchev–Trinajstić information content (AvgIpc) is 3.16. The number of hydrogen-bond donors (Lipinski definition) is 4. The number of aliphatic hydroxyl groups excluding tert-OH is 1. The molecule has 0 aromatic heterocycles. The Morgan fingerprint density at radius 1 is 0.836 bits per heavy atom. The second kappa shape index (κ2) is 19.4. The average molecular weight is 751 g/mol. The van der Waals surface area contributed by atoms with E-state index < -0.39 is 23.9 Å². The summed E-state index contributed by atoms with van der Waals surface area (Å²) in [6, 6.07) is 21.1. The SMILES string of the molecule is CCC(C)C(C)(C)/C1=C(\N=NC)c2ccccc2N(C(=O)CCCCC(=O)N[C@H](C(=O)N[C@@H](C)C(=O)Nc2ccc(CO)cc2)C(C)C)Cc2ccccc21. The minimum atomic E-state index is -0.857. The molecular formula is C44H58N6O5. The number of nitrogens with zero attached hydrogens (tertiary/aromatic N) is 3. The highest BCUT2D eigenvalue weighted by atomic mass is 16.3. The van der Waals surface area contributed by atoms with Gasteiger partial charge in [0.1, 0.15) is 12.1 Å². The third-order valence-electron chi connectivity index (χ3n) is 10.8. The van der Waals surface area contributed by atoms with Crippen LogP contribution in [0.4, 0.5) is 11.4 Å². The van der Waals surface area contributed by atoms with E-state index in [4.69, 9.17) is 5.11 Å². The van der Waals surface area contributed by atoms with Gasteiger partial charge in [-0.3, -0.25) is 19.2 Å². The lowest BCUT2D eigenvalue weighted by molar-refractivity contribution is -0.131. The molecule has 4 amide bonds. The number of carbonyl (C=O) groups excluding carboxylic acids is 4. The zero-order valence-corrected chi connectivity index (χ0v) is 33.6. The molecule has 3 atom stereocenters. The van der Waals surface area contributed by atoms with Gasteiger partial charge in [0.15, 0.2) is 0 Å². The van der Waals surface area contributed by atoms with Crippen molar-refractivity contribution in [3.8, 4) is 0 Å². The van der Waals surface area contributed by atoms with E-state index in [2.05, 4.69) is 60.9 Å². The van der Waals surface area contributed by atoms with Crippen LogP contribution in [0.3, 0.4) is 0 Å². The molecule has 55 heavy (non-hydrogen) atoms. The molecule has 0 aliphatic carbocycles. The molecule has 1 aliphatic rings. The van der Waals surface area contributed by atoms with E-state index in [0.717, 1.165) is 40.1 Å². The Labute approximate surface area is 326 Å². The number of rotatable bonds is 16. The number of para-hydroxylation sites is 1. The molecule has 4 N–H and O–H groups in total. The first-order valence-corrected chi connectivity index (χ1v) is 19.4. The minimum Gasteiger partial charge on any atom is -0.392 e. The Kier molecular flexibility index (Phi) is 15.0. The van der Waals surface area contributed by atoms with Gasteiger partial charge in [-0.05, 0) is 77.5 Å². The van der Waals surface area contributed by atoms with Crippen molar-refractivity contribution in [1.82, 2.24) is 10.6 Å². The summed E-state index contributed by atoms with van der Waals surface area (Å²) in [4.78, 5) is 55.0. The highest BCUT2D eigenvalue weighted by Gasteiger charge is 2.37. The molecule has 0 radical (unpaired) electrons. The third kappa shape index (κ3) is 10.5. The van der Waals surface area contributed by atoms with Gasteiger partial charge in [0.05, 0.1) is 24.5 Å². The van der Waals surface area contributed by atoms with E-state index in [1.165, 1.54) is 0 Å². The standard InChI is InChI=1S/C44H58N6O5/c1-9-29(4)44(6,7)39-34-17-11-10-16-32(34)26-50(36-19-13-12-18-35(36)41(39)49-45-8)38(53)21-15-14-20-37(52)48-40(28(2)3)43(55)46-30(5)42(54)47-33-24-22-31(27-51)23-25-33/h10-13,16-19,22-25,28-30,40,51H,9,14-15,20-21,26-27H2,1-8H3,(H,46,55)(H,47,54)(H,48,52)/b41-39-,49-45?/t29?,30-,40-/m0/s1. The maximum Gasteiger partial charge on any atom is 0.246 e. The predicted molar refractivity (Wildman–Crippen MR) is 219 cm³/mol. The number of hydrogen-bond acceptors (Lipinski definition) is 7. The van der Waals surface area contributed by atoms with Crippen molar-refractivity contribution in [1.29, 1.82) is 0 Å². The summed E-state index contributed by atoms with van der Waals surface area (Å²) in [5.41, 5.74) is 6.60. The first-order valence-electron chi connectivity index (χ1n) is 19.4. The Morgan fingerprint density at radius 2 is 1.47 bits per heavy atom. The van der Waals surface area contributed by atoms with Crippen LogP contribution in [0.2, 0.25) is 0 Å². The molecule has 1 unspecified atom stereocenters. The van der Waals surface area contributed by atoms with Gasteiger partial charge in [-0.2, -0.15) is 10.2 Å². The summed E-state index contributed by atoms with van der Waals surface area (Å²) in [7, 11) is 1.67. The zero-order valence-electron chi connectivity index (χ0n) is 33.6. The molecule has 11 heteroatoms. The maximum atomic E-state index is 14.1. The van der Waals surface area contributed by atoms with E-state index in [1.54, 1.807) is 38.2 Å². The zero-order chi connectivity index (χ0) is 40.3. The predicted octanol–water partition coefficient (Wildman–Crippen LogP) is 7.89. The Morgan fingerprint density at radius 3 is 2.11 bits per heavy atom. The minimum absolute atomic E-state index is 0.0591. The first kappa shape index (κ1) is 42.6. The van der Waals surface area contributed by atoms with Gasteiger partial charge in [-0.25, -0.2) is 0 Å². The normalized spacial score (nSPS) is 16.0. The van der Waals surface area contributed by atoms with Crippen molar-refractivity contribution in [3.05, 3.63) is 95.1 Å². The van der Waals surface area contributed by atoms with Crippen LogP contribution in [0.5, 0.6) is 0 Å². The Hall–Kier alpha value is -5.16. The molecule has 0 fully saturated rings. The molecule has 1 heterocycles. The number of nitrogens with one attached hydrogen (secondary N) is 3. The van der Waals surface area contributed by atoms with E-state index in [9.17, 15) is 24.3 Å². The smallest absolute Gasteiger partial charge is 0.246 e. The van der Waals surface area contributed by atoms with Gasteiger partial charge in [0, 0.05) is 31.1 Å². The van der Waals surface area contributed by atoms with Gasteiger partial charge in [-0.15, -0.1) is 0 Å². The van der Waals surface area contributed by atoms with Gasteiger partial charge >= 0.3 is 0 Å². The number of allylic oxidation sites excluding steroid dienone is 1. The number of aliphatic hydroxyl groups is 1. The Balaban J connectivity index is 1.42. The largest absolute Gasteiger partial charge is 0.392 e. The van der Waals surface area contributed by atoms with Crippen molar-refractivity contribution in [2.45, 2.75) is 106 Å². The van der Waals surface area contributed by atoms with Crippen molar-refractivity contribution in [2.75, 3.05) is 17.3 Å². The van der Waals surface area contributed by atoms with Crippen molar-refractivity contribution in [3.63, 3.8) is 0 Å². The van der Waals surface area contributed by atoms with Crippen LogP contribution in [0.25, 0.3) is 11.3 Å². The van der Waals surface area contributed by atoms with Gasteiger partial charge in [-0.1, -0.05) is 103 Å². The molecule has 0 bridgehead atoms. The molecule has 0 saturated heterocycles. The van der Waals surface area contributed by atoms with Crippen LogP contribution in [0, 0.1) is 17.3 Å². The summed E-state index contributed by atoms with van der Waals surface area (Å²) in [5, 5.41) is 26.5. The molecule has 3 aromatic carbocycles. The fraction of sp³-hybridized carbons (Fsp3) is 0.455. The highest BCUT2D eigenvalue weighted by Crippen LogP contribution is 2.50. The summed E-state index contributed by atoms with van der Waals surface area (Å²) >= 11 is 0. The second-order valence-electron chi connectivity index (χ2n) is 15.3. The Bertz CT molecular complexity index is 1880. The molecule has 11 nitrogen and oxygen atoms in total.